The van der Waals surface area contributed by atoms with Gasteiger partial charge >= 0.3 is 0 Å². The SMILES string of the molecule is COc1ccc(NC(=O)c2ccc(-c3cnco3)cc2)cc1OCc1cn2ccccc2n1. The lowest BCUT2D eigenvalue weighted by atomic mass is 10.1. The van der Waals surface area contributed by atoms with Gasteiger partial charge in [-0.15, -0.1) is 0 Å². The summed E-state index contributed by atoms with van der Waals surface area (Å²) in [5.41, 5.74) is 3.57. The van der Waals surface area contributed by atoms with Gasteiger partial charge in [0, 0.05) is 35.3 Å². The third-order valence-electron chi connectivity index (χ3n) is 5.07. The van der Waals surface area contributed by atoms with Crippen molar-refractivity contribution in [2.24, 2.45) is 0 Å². The molecule has 3 heterocycles. The van der Waals surface area contributed by atoms with Gasteiger partial charge in [-0.25, -0.2) is 9.97 Å². The number of carbonyl (C=O) groups is 1. The molecule has 164 valence electrons. The number of aromatic nitrogens is 3. The van der Waals surface area contributed by atoms with Gasteiger partial charge in [-0.2, -0.15) is 0 Å². The molecule has 8 heteroatoms. The summed E-state index contributed by atoms with van der Waals surface area (Å²) < 4.78 is 18.6. The van der Waals surface area contributed by atoms with Gasteiger partial charge < -0.3 is 23.6 Å². The van der Waals surface area contributed by atoms with Crippen molar-refractivity contribution < 1.29 is 18.7 Å². The number of pyridine rings is 1. The number of fused-ring (bicyclic) bond motifs is 1. The number of rotatable bonds is 7. The second kappa shape index (κ2) is 8.88. The summed E-state index contributed by atoms with van der Waals surface area (Å²) in [5, 5.41) is 2.89. The second-order valence-corrected chi connectivity index (χ2v) is 7.25. The smallest absolute Gasteiger partial charge is 0.255 e. The molecule has 0 aliphatic heterocycles. The zero-order valence-corrected chi connectivity index (χ0v) is 17.8. The zero-order chi connectivity index (χ0) is 22.6. The lowest BCUT2D eigenvalue weighted by Crippen LogP contribution is -2.12. The summed E-state index contributed by atoms with van der Waals surface area (Å²) in [4.78, 5) is 21.2. The average Bonchev–Trinajstić information content (AvgIpc) is 3.53. The summed E-state index contributed by atoms with van der Waals surface area (Å²) in [7, 11) is 1.57. The first kappa shape index (κ1) is 20.3. The van der Waals surface area contributed by atoms with Crippen LogP contribution in [0.1, 0.15) is 16.1 Å². The van der Waals surface area contributed by atoms with Crippen LogP contribution in [0.15, 0.2) is 90.1 Å². The summed E-state index contributed by atoms with van der Waals surface area (Å²) in [6, 6.07) is 18.1. The second-order valence-electron chi connectivity index (χ2n) is 7.25. The first-order chi connectivity index (χ1) is 16.2. The first-order valence-electron chi connectivity index (χ1n) is 10.2. The number of carbonyl (C=O) groups excluding carboxylic acids is 1. The van der Waals surface area contributed by atoms with Crippen LogP contribution in [0.2, 0.25) is 0 Å². The Balaban J connectivity index is 1.29. The van der Waals surface area contributed by atoms with E-state index in [-0.39, 0.29) is 12.5 Å². The molecular formula is C25H20N4O4. The Kier molecular flexibility index (Phi) is 5.47. The molecule has 1 amide bonds. The van der Waals surface area contributed by atoms with Crippen LogP contribution in [0.3, 0.4) is 0 Å². The fourth-order valence-electron chi connectivity index (χ4n) is 3.42. The largest absolute Gasteiger partial charge is 0.493 e. The minimum atomic E-state index is -0.240. The highest BCUT2D eigenvalue weighted by Crippen LogP contribution is 2.31. The van der Waals surface area contributed by atoms with Gasteiger partial charge in [0.25, 0.3) is 5.91 Å². The molecule has 0 fully saturated rings. The molecule has 8 nitrogen and oxygen atoms in total. The number of imidazole rings is 1. The van der Waals surface area contributed by atoms with Crippen LogP contribution < -0.4 is 14.8 Å². The van der Waals surface area contributed by atoms with Crippen molar-refractivity contribution in [3.05, 3.63) is 96.9 Å². The molecule has 0 saturated heterocycles. The Morgan fingerprint density at radius 1 is 1.09 bits per heavy atom. The molecule has 5 aromatic rings. The van der Waals surface area contributed by atoms with Crippen molar-refractivity contribution in [1.82, 2.24) is 14.4 Å². The van der Waals surface area contributed by atoms with Crippen molar-refractivity contribution in [1.29, 1.82) is 0 Å². The first-order valence-corrected chi connectivity index (χ1v) is 10.2. The zero-order valence-electron chi connectivity index (χ0n) is 17.8. The van der Waals surface area contributed by atoms with E-state index in [1.807, 2.05) is 47.1 Å². The van der Waals surface area contributed by atoms with Gasteiger partial charge in [0.1, 0.15) is 12.3 Å². The third kappa shape index (κ3) is 4.40. The van der Waals surface area contributed by atoms with Crippen molar-refractivity contribution in [3.8, 4) is 22.8 Å². The Hall–Kier alpha value is -4.59. The number of hydrogen-bond donors (Lipinski definition) is 1. The highest BCUT2D eigenvalue weighted by atomic mass is 16.5. The number of oxazole rings is 1. The number of methoxy groups -OCH3 is 1. The molecule has 0 aliphatic carbocycles. The van der Waals surface area contributed by atoms with E-state index in [0.29, 0.717) is 28.5 Å². The van der Waals surface area contributed by atoms with Gasteiger partial charge in [0.15, 0.2) is 23.7 Å². The van der Waals surface area contributed by atoms with E-state index in [2.05, 4.69) is 15.3 Å². The fourth-order valence-corrected chi connectivity index (χ4v) is 3.42. The monoisotopic (exact) mass is 440 g/mol. The quantitative estimate of drug-likeness (QED) is 0.390. The van der Waals surface area contributed by atoms with Gasteiger partial charge in [-0.3, -0.25) is 4.79 Å². The van der Waals surface area contributed by atoms with Gasteiger partial charge in [0.2, 0.25) is 0 Å². The maximum absolute atomic E-state index is 12.7. The predicted octanol–water partition coefficient (Wildman–Crippen LogP) is 4.83. The van der Waals surface area contributed by atoms with Crippen molar-refractivity contribution >= 4 is 17.2 Å². The molecule has 0 spiro atoms. The summed E-state index contributed by atoms with van der Waals surface area (Å²) in [6.07, 6.45) is 6.84. The Morgan fingerprint density at radius 3 is 2.73 bits per heavy atom. The number of benzene rings is 2. The molecule has 1 N–H and O–H groups in total. The van der Waals surface area contributed by atoms with Crippen LogP contribution in [0, 0.1) is 0 Å². The summed E-state index contributed by atoms with van der Waals surface area (Å²) >= 11 is 0. The highest BCUT2D eigenvalue weighted by molar-refractivity contribution is 6.04. The van der Waals surface area contributed by atoms with E-state index < -0.39 is 0 Å². The molecule has 2 aromatic carbocycles. The lowest BCUT2D eigenvalue weighted by Gasteiger charge is -2.12. The Labute approximate surface area is 189 Å². The maximum Gasteiger partial charge on any atom is 0.255 e. The third-order valence-corrected chi connectivity index (χ3v) is 5.07. The van der Waals surface area contributed by atoms with E-state index >= 15 is 0 Å². The topological polar surface area (TPSA) is 90.9 Å². The standard InChI is InChI=1S/C25H20N4O4/c1-31-21-10-9-19(12-22(21)32-15-20-14-29-11-3-2-4-24(29)27-20)28-25(30)18-7-5-17(6-8-18)23-13-26-16-33-23/h2-14,16H,15H2,1H3,(H,28,30). The number of ether oxygens (including phenoxy) is 2. The predicted molar refractivity (Wildman–Crippen MR) is 122 cm³/mol. The van der Waals surface area contributed by atoms with Crippen molar-refractivity contribution in [3.63, 3.8) is 0 Å². The number of amides is 1. The van der Waals surface area contributed by atoms with E-state index in [4.69, 9.17) is 13.9 Å². The van der Waals surface area contributed by atoms with Crippen LogP contribution in [0.4, 0.5) is 5.69 Å². The minimum absolute atomic E-state index is 0.240. The normalized spacial score (nSPS) is 10.8. The number of nitrogens with zero attached hydrogens (tertiary/aromatic N) is 3. The molecule has 0 bridgehead atoms. The van der Waals surface area contributed by atoms with E-state index in [0.717, 1.165) is 16.9 Å². The molecule has 0 radical (unpaired) electrons. The van der Waals surface area contributed by atoms with E-state index in [1.54, 1.807) is 43.6 Å². The van der Waals surface area contributed by atoms with Crippen LogP contribution >= 0.6 is 0 Å². The fraction of sp³-hybridized carbons (Fsp3) is 0.0800. The van der Waals surface area contributed by atoms with Gasteiger partial charge in [-0.1, -0.05) is 18.2 Å². The van der Waals surface area contributed by atoms with E-state index in [9.17, 15) is 4.79 Å². The Bertz CT molecular complexity index is 1360. The molecule has 0 unspecified atom stereocenters. The molecule has 0 aliphatic rings. The maximum atomic E-state index is 12.7. The lowest BCUT2D eigenvalue weighted by molar-refractivity contribution is 0.102. The number of nitrogens with one attached hydrogen (secondary N) is 1. The van der Waals surface area contributed by atoms with Crippen LogP contribution in [-0.2, 0) is 6.61 Å². The minimum Gasteiger partial charge on any atom is -0.493 e. The highest BCUT2D eigenvalue weighted by Gasteiger charge is 2.12. The number of hydrogen-bond acceptors (Lipinski definition) is 6. The van der Waals surface area contributed by atoms with E-state index in [1.165, 1.54) is 6.39 Å². The molecule has 0 saturated carbocycles. The average molecular weight is 440 g/mol. The molecule has 33 heavy (non-hydrogen) atoms. The van der Waals surface area contributed by atoms with Crippen molar-refractivity contribution in [2.75, 3.05) is 12.4 Å². The number of anilines is 1. The van der Waals surface area contributed by atoms with Gasteiger partial charge in [0.05, 0.1) is 19.0 Å². The Morgan fingerprint density at radius 2 is 1.97 bits per heavy atom. The molecular weight excluding hydrogens is 420 g/mol. The van der Waals surface area contributed by atoms with Crippen molar-refractivity contribution in [2.45, 2.75) is 6.61 Å². The summed E-state index contributed by atoms with van der Waals surface area (Å²) in [5.74, 6) is 1.47. The summed E-state index contributed by atoms with van der Waals surface area (Å²) in [6.45, 7) is 0.262. The van der Waals surface area contributed by atoms with Gasteiger partial charge in [-0.05, 0) is 36.4 Å². The molecule has 0 atom stereocenters. The van der Waals surface area contributed by atoms with Crippen LogP contribution in [0.25, 0.3) is 17.0 Å². The van der Waals surface area contributed by atoms with Crippen LogP contribution in [0.5, 0.6) is 11.5 Å². The van der Waals surface area contributed by atoms with Crippen LogP contribution in [-0.4, -0.2) is 27.4 Å². The molecule has 5 rings (SSSR count). The molecule has 3 aromatic heterocycles.